The quantitative estimate of drug-likeness (QED) is 0.133. The zero-order valence-electron chi connectivity index (χ0n) is 30.5. The van der Waals surface area contributed by atoms with Gasteiger partial charge in [0.1, 0.15) is 0 Å². The van der Waals surface area contributed by atoms with Crippen molar-refractivity contribution in [2.75, 3.05) is 6.61 Å². The van der Waals surface area contributed by atoms with Crippen LogP contribution in [0.15, 0.2) is 40.8 Å². The first kappa shape index (κ1) is 38.3. The Morgan fingerprint density at radius 2 is 1.67 bits per heavy atom. The van der Waals surface area contributed by atoms with Gasteiger partial charge in [0.2, 0.25) is 10.0 Å². The molecule has 1 aromatic rings. The molecule has 0 saturated heterocycles. The lowest BCUT2D eigenvalue weighted by Crippen LogP contribution is -2.67. The van der Waals surface area contributed by atoms with Crippen LogP contribution in [0.1, 0.15) is 118 Å². The van der Waals surface area contributed by atoms with Crippen LogP contribution in [0.3, 0.4) is 0 Å². The Bertz CT molecular complexity index is 1480. The van der Waals surface area contributed by atoms with Gasteiger partial charge in [0.15, 0.2) is 0 Å². The van der Waals surface area contributed by atoms with Crippen LogP contribution in [0.5, 0.6) is 0 Å². The van der Waals surface area contributed by atoms with Crippen molar-refractivity contribution in [2.45, 2.75) is 142 Å². The Morgan fingerprint density at radius 1 is 0.980 bits per heavy atom. The molecular formula is C39H58F3NO5S. The number of esters is 1. The van der Waals surface area contributed by atoms with E-state index in [1.807, 2.05) is 0 Å². The van der Waals surface area contributed by atoms with Gasteiger partial charge >= 0.3 is 17.9 Å². The summed E-state index contributed by atoms with van der Waals surface area (Å²) in [5.74, 6) is 2.05. The van der Waals surface area contributed by atoms with Crippen LogP contribution in [0.4, 0.5) is 13.2 Å². The summed E-state index contributed by atoms with van der Waals surface area (Å²) in [6, 6.07) is 5.36. The van der Waals surface area contributed by atoms with Gasteiger partial charge < -0.3 is 9.47 Å². The maximum absolute atomic E-state index is 15.0. The molecule has 9 atom stereocenters. The summed E-state index contributed by atoms with van der Waals surface area (Å²) in [5, 5.41) is 0. The van der Waals surface area contributed by atoms with E-state index in [0.29, 0.717) is 35.5 Å². The van der Waals surface area contributed by atoms with Crippen molar-refractivity contribution >= 4 is 16.0 Å². The molecule has 5 rings (SSSR count). The molecule has 4 aliphatic carbocycles. The Hall–Kier alpha value is -1.91. The monoisotopic (exact) mass is 709 g/mol. The van der Waals surface area contributed by atoms with Crippen molar-refractivity contribution < 1.29 is 35.9 Å². The topological polar surface area (TPSA) is 81.7 Å². The summed E-state index contributed by atoms with van der Waals surface area (Å²) in [7, 11) is -4.83. The minimum Gasteiger partial charge on any atom is -0.463 e. The third-order valence-corrected chi connectivity index (χ3v) is 14.6. The fourth-order valence-electron chi connectivity index (χ4n) is 10.6. The first-order chi connectivity index (χ1) is 22.9. The minimum atomic E-state index is -5.44. The van der Waals surface area contributed by atoms with E-state index in [1.165, 1.54) is 69.7 Å². The molecular weight excluding hydrogens is 651 g/mol. The number of sulfonamides is 1. The van der Waals surface area contributed by atoms with Gasteiger partial charge in [0.25, 0.3) is 0 Å². The summed E-state index contributed by atoms with van der Waals surface area (Å²) in [6.45, 7) is 14.6. The number of allylic oxidation sites excluding steroid dienone is 1. The van der Waals surface area contributed by atoms with Gasteiger partial charge in [0.05, 0.1) is 17.6 Å². The lowest BCUT2D eigenvalue weighted by molar-refractivity contribution is -0.290. The summed E-state index contributed by atoms with van der Waals surface area (Å²) < 4.78 is 83.9. The molecule has 0 spiro atoms. The molecule has 1 N–H and O–H groups in total. The molecule has 0 amide bonds. The molecule has 0 radical (unpaired) electrons. The molecule has 0 aliphatic heterocycles. The van der Waals surface area contributed by atoms with Crippen LogP contribution in [0.25, 0.3) is 0 Å². The van der Waals surface area contributed by atoms with Gasteiger partial charge in [0, 0.05) is 0 Å². The number of fused-ring (bicyclic) bond motifs is 5. The predicted molar refractivity (Wildman–Crippen MR) is 185 cm³/mol. The Labute approximate surface area is 292 Å². The van der Waals surface area contributed by atoms with E-state index in [-0.39, 0.29) is 18.4 Å². The predicted octanol–water partition coefficient (Wildman–Crippen LogP) is 9.52. The van der Waals surface area contributed by atoms with Gasteiger partial charge in [-0.25, -0.2) is 13.2 Å². The van der Waals surface area contributed by atoms with Crippen LogP contribution in [-0.2, 0) is 24.3 Å². The molecule has 10 heteroatoms. The van der Waals surface area contributed by atoms with Crippen LogP contribution in [0, 0.1) is 53.3 Å². The highest BCUT2D eigenvalue weighted by Gasteiger charge is 2.67. The van der Waals surface area contributed by atoms with Crippen molar-refractivity contribution in [2.24, 2.45) is 46.3 Å². The number of rotatable bonds is 12. The zero-order chi connectivity index (χ0) is 36.0. The van der Waals surface area contributed by atoms with Crippen LogP contribution in [0.2, 0.25) is 0 Å². The maximum Gasteiger partial charge on any atom is 0.443 e. The molecule has 1 aromatic carbocycles. The van der Waals surface area contributed by atoms with Crippen LogP contribution < -0.4 is 4.72 Å². The van der Waals surface area contributed by atoms with Crippen molar-refractivity contribution in [1.82, 2.24) is 4.72 Å². The van der Waals surface area contributed by atoms with E-state index in [0.717, 1.165) is 42.2 Å². The molecule has 3 saturated carbocycles. The summed E-state index contributed by atoms with van der Waals surface area (Å²) in [5.41, 5.74) is -1.94. The Kier molecular flexibility index (Phi) is 11.1. The highest BCUT2D eigenvalue weighted by Crippen LogP contribution is 2.68. The van der Waals surface area contributed by atoms with Gasteiger partial charge in [-0.3, -0.25) is 0 Å². The number of hydrogen-bond acceptors (Lipinski definition) is 5. The average molecular weight is 710 g/mol. The molecule has 0 aromatic heterocycles. The van der Waals surface area contributed by atoms with Crippen molar-refractivity contribution in [3.05, 3.63) is 41.5 Å². The highest BCUT2D eigenvalue weighted by atomic mass is 32.2. The molecule has 276 valence electrons. The Morgan fingerprint density at radius 3 is 2.31 bits per heavy atom. The standard InChI is InChI=1S/C39H58F3NO5S/c1-8-47-35(44)38(39(40,41)42,43-49(45,46)30-15-12-26(4)13-16-30)48-29-20-22-36(6)28(24-29)14-17-31-33-19-18-32(27(5)11-9-10-25(2)3)37(33,7)23-21-34(31)36/h12-13,15-16,24-25,27,29,31-34,43H,8-11,14,17-23H2,1-7H3/t27-,29+,31+,32-,33+,34-,36+,37-,38+/m1/s1. The zero-order valence-corrected chi connectivity index (χ0v) is 31.3. The number of hydrogen-bond donors (Lipinski definition) is 1. The number of benzene rings is 1. The number of ether oxygens (including phenoxy) is 2. The molecule has 49 heavy (non-hydrogen) atoms. The van der Waals surface area contributed by atoms with Crippen molar-refractivity contribution in [3.8, 4) is 0 Å². The Balaban J connectivity index is 1.38. The van der Waals surface area contributed by atoms with Gasteiger partial charge in [-0.2, -0.15) is 17.9 Å². The first-order valence-corrected chi connectivity index (χ1v) is 20.1. The fraction of sp³-hybridized carbons (Fsp3) is 0.769. The van der Waals surface area contributed by atoms with E-state index in [2.05, 4.69) is 34.6 Å². The van der Waals surface area contributed by atoms with E-state index in [4.69, 9.17) is 9.47 Å². The number of carbonyl (C=O) groups is 1. The largest absolute Gasteiger partial charge is 0.463 e. The number of nitrogens with one attached hydrogen (secondary N) is 1. The number of halogens is 3. The number of alkyl halides is 3. The minimum absolute atomic E-state index is 0.169. The van der Waals surface area contributed by atoms with E-state index < -0.39 is 38.9 Å². The molecule has 0 heterocycles. The summed E-state index contributed by atoms with van der Waals surface area (Å²) in [6.07, 6.45) is 6.52. The third-order valence-electron chi connectivity index (χ3n) is 13.2. The summed E-state index contributed by atoms with van der Waals surface area (Å²) in [4.78, 5) is 12.8. The van der Waals surface area contributed by atoms with Gasteiger partial charge in [-0.1, -0.05) is 83.2 Å². The lowest BCUT2D eigenvalue weighted by Gasteiger charge is -2.59. The number of carbonyl (C=O) groups excluding carboxylic acids is 1. The van der Waals surface area contributed by atoms with Gasteiger partial charge in [-0.05, 0) is 124 Å². The third kappa shape index (κ3) is 7.26. The normalized spacial score (nSPS) is 33.5. The van der Waals surface area contributed by atoms with Gasteiger partial charge in [-0.15, -0.1) is 0 Å². The SMILES string of the molecule is CCOC(=O)[C@](NS(=O)(=O)c1ccc(C)cc1)(O[C@@H]1C=C2CC[C@@H]3[C@@H](CC[C@]4(C)[C@@H]([C@H](C)CCCC(C)C)CC[C@@H]34)[C@@]2(C)CC1)C(F)(F)F. The molecule has 0 unspecified atom stereocenters. The first-order valence-electron chi connectivity index (χ1n) is 18.6. The molecule has 4 aliphatic rings. The average Bonchev–Trinajstić information content (AvgIpc) is 3.37. The molecule has 0 bridgehead atoms. The second kappa shape index (κ2) is 14.3. The highest BCUT2D eigenvalue weighted by molar-refractivity contribution is 7.89. The second-order valence-electron chi connectivity index (χ2n) is 16.6. The van der Waals surface area contributed by atoms with Crippen molar-refractivity contribution in [1.29, 1.82) is 0 Å². The van der Waals surface area contributed by atoms with E-state index in [1.54, 1.807) is 17.7 Å². The lowest BCUT2D eigenvalue weighted by atomic mass is 9.46. The summed E-state index contributed by atoms with van der Waals surface area (Å²) >= 11 is 0. The van der Waals surface area contributed by atoms with E-state index >= 15 is 13.2 Å². The fourth-order valence-corrected chi connectivity index (χ4v) is 11.8. The molecule has 6 nitrogen and oxygen atoms in total. The van der Waals surface area contributed by atoms with E-state index in [9.17, 15) is 13.2 Å². The van der Waals surface area contributed by atoms with Crippen LogP contribution in [-0.4, -0.2) is 39.0 Å². The smallest absolute Gasteiger partial charge is 0.443 e. The number of aryl methyl sites for hydroxylation is 1. The van der Waals surface area contributed by atoms with Crippen LogP contribution >= 0.6 is 0 Å². The maximum atomic E-state index is 15.0. The second-order valence-corrected chi connectivity index (χ2v) is 18.3. The molecule has 3 fully saturated rings. The van der Waals surface area contributed by atoms with Crippen molar-refractivity contribution in [3.63, 3.8) is 0 Å².